The standard InChI is InChI=1S/C20H17F3N4O4/c21-20(22,23)13-7-11(2-5-16(13)30)19-26-18(27-31-19)10-1-4-14-15(8-10)25-17(24-14)6-3-12(29)9-28/h1-2,4-5,7-8,12,28-30H,3,6,9H2,(H,24,25). The van der Waals surface area contributed by atoms with Gasteiger partial charge in [-0.3, -0.25) is 0 Å². The van der Waals surface area contributed by atoms with E-state index in [2.05, 4.69) is 20.1 Å². The van der Waals surface area contributed by atoms with Gasteiger partial charge in [0.2, 0.25) is 5.82 Å². The largest absolute Gasteiger partial charge is 0.507 e. The summed E-state index contributed by atoms with van der Waals surface area (Å²) in [5.41, 5.74) is 0.747. The highest BCUT2D eigenvalue weighted by atomic mass is 19.4. The van der Waals surface area contributed by atoms with Crippen LogP contribution < -0.4 is 0 Å². The van der Waals surface area contributed by atoms with Gasteiger partial charge in [0.1, 0.15) is 11.6 Å². The molecule has 0 saturated carbocycles. The number of aromatic nitrogens is 4. The molecule has 162 valence electrons. The summed E-state index contributed by atoms with van der Waals surface area (Å²) in [5, 5.41) is 31.7. The molecule has 11 heteroatoms. The number of aliphatic hydroxyl groups is 2. The molecule has 0 amide bonds. The number of aromatic hydroxyl groups is 1. The first-order chi connectivity index (χ1) is 14.7. The van der Waals surface area contributed by atoms with Crippen LogP contribution in [-0.2, 0) is 12.6 Å². The van der Waals surface area contributed by atoms with E-state index in [1.54, 1.807) is 18.2 Å². The molecule has 2 heterocycles. The van der Waals surface area contributed by atoms with E-state index in [0.29, 0.717) is 35.3 Å². The molecular weight excluding hydrogens is 417 g/mol. The number of alkyl halides is 3. The van der Waals surface area contributed by atoms with Gasteiger partial charge in [-0.05, 0) is 42.8 Å². The van der Waals surface area contributed by atoms with E-state index in [9.17, 15) is 23.4 Å². The number of fused-ring (bicyclic) bond motifs is 1. The summed E-state index contributed by atoms with van der Waals surface area (Å²) in [6, 6.07) is 8.08. The Kier molecular flexibility index (Phi) is 5.38. The molecule has 0 bridgehead atoms. The minimum atomic E-state index is -4.72. The Hall–Kier alpha value is -3.44. The van der Waals surface area contributed by atoms with Gasteiger partial charge in [0.05, 0.1) is 29.3 Å². The third kappa shape index (κ3) is 4.37. The van der Waals surface area contributed by atoms with Gasteiger partial charge in [0.25, 0.3) is 5.89 Å². The maximum Gasteiger partial charge on any atom is 0.419 e. The second-order valence-electron chi connectivity index (χ2n) is 6.94. The number of halogens is 3. The van der Waals surface area contributed by atoms with Gasteiger partial charge in [0, 0.05) is 17.5 Å². The van der Waals surface area contributed by atoms with Crippen molar-refractivity contribution in [2.24, 2.45) is 0 Å². The number of nitrogens with one attached hydrogen (secondary N) is 1. The van der Waals surface area contributed by atoms with E-state index < -0.39 is 23.6 Å². The first-order valence-electron chi connectivity index (χ1n) is 9.27. The van der Waals surface area contributed by atoms with Gasteiger partial charge in [-0.25, -0.2) is 4.98 Å². The number of nitrogens with zero attached hydrogens (tertiary/aromatic N) is 3. The van der Waals surface area contributed by atoms with Crippen LogP contribution in [0.5, 0.6) is 5.75 Å². The fourth-order valence-corrected chi connectivity index (χ4v) is 3.07. The fourth-order valence-electron chi connectivity index (χ4n) is 3.07. The maximum atomic E-state index is 13.0. The molecule has 4 aromatic rings. The molecule has 8 nitrogen and oxygen atoms in total. The summed E-state index contributed by atoms with van der Waals surface area (Å²) in [5.74, 6) is -0.200. The maximum absolute atomic E-state index is 13.0. The third-order valence-electron chi connectivity index (χ3n) is 4.69. The molecule has 2 aromatic carbocycles. The van der Waals surface area contributed by atoms with Crippen LogP contribution >= 0.6 is 0 Å². The van der Waals surface area contributed by atoms with Crippen molar-refractivity contribution in [3.63, 3.8) is 0 Å². The number of rotatable bonds is 6. The van der Waals surface area contributed by atoms with Crippen molar-refractivity contribution < 1.29 is 33.0 Å². The second kappa shape index (κ2) is 8.00. The summed E-state index contributed by atoms with van der Waals surface area (Å²) in [4.78, 5) is 11.7. The smallest absolute Gasteiger partial charge is 0.419 e. The van der Waals surface area contributed by atoms with Crippen molar-refractivity contribution in [3.8, 4) is 28.6 Å². The summed E-state index contributed by atoms with van der Waals surface area (Å²) in [7, 11) is 0. The van der Waals surface area contributed by atoms with E-state index in [1.165, 1.54) is 6.07 Å². The second-order valence-corrected chi connectivity index (χ2v) is 6.94. The minimum Gasteiger partial charge on any atom is -0.507 e. The minimum absolute atomic E-state index is 0.0243. The Balaban J connectivity index is 1.60. The van der Waals surface area contributed by atoms with Crippen LogP contribution in [0.4, 0.5) is 13.2 Å². The highest BCUT2D eigenvalue weighted by Crippen LogP contribution is 2.38. The topological polar surface area (TPSA) is 128 Å². The SMILES string of the molecule is OCC(O)CCc1nc2ccc(-c3noc(-c4ccc(O)c(C(F)(F)F)c4)n3)cc2[nH]1. The van der Waals surface area contributed by atoms with Crippen LogP contribution in [0.25, 0.3) is 33.9 Å². The predicted molar refractivity (Wildman–Crippen MR) is 103 cm³/mol. The number of H-pyrrole nitrogens is 1. The molecule has 0 saturated heterocycles. The van der Waals surface area contributed by atoms with Crippen LogP contribution in [0.1, 0.15) is 17.8 Å². The molecule has 2 aromatic heterocycles. The first-order valence-corrected chi connectivity index (χ1v) is 9.27. The summed E-state index contributed by atoms with van der Waals surface area (Å²) >= 11 is 0. The monoisotopic (exact) mass is 434 g/mol. The zero-order valence-corrected chi connectivity index (χ0v) is 15.9. The molecule has 0 aliphatic carbocycles. The highest BCUT2D eigenvalue weighted by molar-refractivity contribution is 5.80. The Bertz CT molecular complexity index is 1220. The molecule has 0 aliphatic heterocycles. The number of benzene rings is 2. The number of aryl methyl sites for hydroxylation is 1. The van der Waals surface area contributed by atoms with Crippen molar-refractivity contribution in [2.45, 2.75) is 25.1 Å². The van der Waals surface area contributed by atoms with Gasteiger partial charge in [-0.1, -0.05) is 5.16 Å². The lowest BCUT2D eigenvalue weighted by molar-refractivity contribution is -0.138. The van der Waals surface area contributed by atoms with E-state index in [1.807, 2.05) is 0 Å². The van der Waals surface area contributed by atoms with Crippen LogP contribution in [-0.4, -0.2) is 48.1 Å². The lowest BCUT2D eigenvalue weighted by Crippen LogP contribution is -2.12. The Morgan fingerprint density at radius 2 is 1.84 bits per heavy atom. The van der Waals surface area contributed by atoms with Gasteiger partial charge in [-0.2, -0.15) is 18.2 Å². The number of phenolic OH excluding ortho intramolecular Hbond substituents is 1. The van der Waals surface area contributed by atoms with Gasteiger partial charge in [0.15, 0.2) is 0 Å². The number of phenols is 1. The van der Waals surface area contributed by atoms with Crippen molar-refractivity contribution in [1.82, 2.24) is 20.1 Å². The number of aliphatic hydroxyl groups excluding tert-OH is 2. The number of hydrogen-bond acceptors (Lipinski definition) is 7. The van der Waals surface area contributed by atoms with Crippen molar-refractivity contribution >= 4 is 11.0 Å². The Labute approximate surface area is 173 Å². The normalized spacial score (nSPS) is 13.1. The number of hydrogen-bond donors (Lipinski definition) is 4. The van der Waals surface area contributed by atoms with Crippen molar-refractivity contribution in [1.29, 1.82) is 0 Å². The molecule has 0 fully saturated rings. The van der Waals surface area contributed by atoms with Gasteiger partial charge in [-0.15, -0.1) is 0 Å². The average Bonchev–Trinajstić information content (AvgIpc) is 3.37. The fraction of sp³-hybridized carbons (Fsp3) is 0.250. The molecule has 1 atom stereocenters. The van der Waals surface area contributed by atoms with E-state index in [4.69, 9.17) is 9.63 Å². The lowest BCUT2D eigenvalue weighted by atomic mass is 10.1. The zero-order valence-electron chi connectivity index (χ0n) is 15.9. The molecule has 0 radical (unpaired) electrons. The van der Waals surface area contributed by atoms with Crippen LogP contribution in [0, 0.1) is 0 Å². The summed E-state index contributed by atoms with van der Waals surface area (Å²) in [6.45, 7) is -0.323. The molecule has 0 aliphatic rings. The first kappa shape index (κ1) is 20.8. The summed E-state index contributed by atoms with van der Waals surface area (Å²) < 4.78 is 44.2. The van der Waals surface area contributed by atoms with E-state index in [0.717, 1.165) is 12.1 Å². The van der Waals surface area contributed by atoms with Gasteiger partial charge < -0.3 is 24.8 Å². The molecule has 31 heavy (non-hydrogen) atoms. The van der Waals surface area contributed by atoms with E-state index >= 15 is 0 Å². The Morgan fingerprint density at radius 1 is 1.06 bits per heavy atom. The van der Waals surface area contributed by atoms with Gasteiger partial charge >= 0.3 is 6.18 Å². The zero-order chi connectivity index (χ0) is 22.2. The molecule has 4 rings (SSSR count). The molecule has 4 N–H and O–H groups in total. The lowest BCUT2D eigenvalue weighted by Gasteiger charge is -2.09. The van der Waals surface area contributed by atoms with Crippen molar-refractivity contribution in [3.05, 3.63) is 47.8 Å². The average molecular weight is 434 g/mol. The highest BCUT2D eigenvalue weighted by Gasteiger charge is 2.34. The van der Waals surface area contributed by atoms with E-state index in [-0.39, 0.29) is 23.9 Å². The summed E-state index contributed by atoms with van der Waals surface area (Å²) in [6.07, 6.45) is -4.75. The quantitative estimate of drug-likeness (QED) is 0.367. The van der Waals surface area contributed by atoms with Crippen LogP contribution in [0.2, 0.25) is 0 Å². The Morgan fingerprint density at radius 3 is 2.58 bits per heavy atom. The van der Waals surface area contributed by atoms with Crippen LogP contribution in [0.15, 0.2) is 40.9 Å². The van der Waals surface area contributed by atoms with Crippen LogP contribution in [0.3, 0.4) is 0 Å². The number of imidazole rings is 1. The predicted octanol–water partition coefficient (Wildman–Crippen LogP) is 3.29. The molecular formula is C20H17F3N4O4. The molecule has 0 spiro atoms. The van der Waals surface area contributed by atoms with Crippen molar-refractivity contribution in [2.75, 3.05) is 6.61 Å². The number of aromatic amines is 1. The molecule has 1 unspecified atom stereocenters. The third-order valence-corrected chi connectivity index (χ3v) is 4.69.